The van der Waals surface area contributed by atoms with Crippen LogP contribution in [0.4, 0.5) is 0 Å². The van der Waals surface area contributed by atoms with Crippen molar-refractivity contribution in [3.8, 4) is 0 Å². The summed E-state index contributed by atoms with van der Waals surface area (Å²) < 4.78 is 0. The number of thioether (sulfide) groups is 1. The minimum Gasteiger partial charge on any atom is -0.361 e. The van der Waals surface area contributed by atoms with Crippen molar-refractivity contribution in [3.63, 3.8) is 0 Å². The van der Waals surface area contributed by atoms with Gasteiger partial charge in [0.1, 0.15) is 0 Å². The molecule has 2 atom stereocenters. The number of nitrogens with one attached hydrogen (secondary N) is 1. The summed E-state index contributed by atoms with van der Waals surface area (Å²) >= 11 is 1.87. The highest BCUT2D eigenvalue weighted by Crippen LogP contribution is 2.26. The SMILES string of the molecule is CCC1CSC(=NCC(C)C(C)(C)C)N1. The highest BCUT2D eigenvalue weighted by atomic mass is 32.2. The lowest BCUT2D eigenvalue weighted by atomic mass is 9.82. The molecule has 1 aliphatic rings. The van der Waals surface area contributed by atoms with Gasteiger partial charge in [0.2, 0.25) is 0 Å². The van der Waals surface area contributed by atoms with E-state index in [0.717, 1.165) is 11.7 Å². The zero-order valence-corrected chi connectivity index (χ0v) is 11.4. The van der Waals surface area contributed by atoms with Crippen LogP contribution in [0.15, 0.2) is 4.99 Å². The molecule has 2 nitrogen and oxygen atoms in total. The molecule has 1 rings (SSSR count). The maximum atomic E-state index is 4.66. The molecular weight excluding hydrogens is 204 g/mol. The number of hydrogen-bond donors (Lipinski definition) is 1. The zero-order valence-electron chi connectivity index (χ0n) is 10.6. The van der Waals surface area contributed by atoms with Crippen molar-refractivity contribution in [1.82, 2.24) is 5.32 Å². The van der Waals surface area contributed by atoms with Gasteiger partial charge in [0.05, 0.1) is 0 Å². The predicted molar refractivity (Wildman–Crippen MR) is 70.6 cm³/mol. The molecule has 0 spiro atoms. The summed E-state index contributed by atoms with van der Waals surface area (Å²) in [7, 11) is 0. The maximum absolute atomic E-state index is 4.66. The van der Waals surface area contributed by atoms with E-state index in [2.05, 4.69) is 44.9 Å². The largest absolute Gasteiger partial charge is 0.361 e. The Bertz CT molecular complexity index is 230. The van der Waals surface area contributed by atoms with Crippen molar-refractivity contribution < 1.29 is 0 Å². The van der Waals surface area contributed by atoms with Crippen molar-refractivity contribution >= 4 is 16.9 Å². The Morgan fingerprint density at radius 3 is 2.67 bits per heavy atom. The molecule has 0 aliphatic carbocycles. The highest BCUT2D eigenvalue weighted by Gasteiger charge is 2.21. The molecule has 2 unspecified atom stereocenters. The minimum atomic E-state index is 0.359. The number of aliphatic imine (C=N–C) groups is 1. The Morgan fingerprint density at radius 2 is 2.20 bits per heavy atom. The summed E-state index contributed by atoms with van der Waals surface area (Å²) in [6.45, 7) is 12.3. The Balaban J connectivity index is 2.39. The normalized spacial score (nSPS) is 26.7. The second-order valence-corrected chi connectivity index (χ2v) is 6.48. The third-order valence-electron chi connectivity index (χ3n) is 3.23. The third-order valence-corrected chi connectivity index (χ3v) is 4.32. The van der Waals surface area contributed by atoms with Crippen molar-refractivity contribution in [1.29, 1.82) is 0 Å². The number of nitrogens with zero attached hydrogens (tertiary/aromatic N) is 1. The van der Waals surface area contributed by atoms with Crippen LogP contribution in [0, 0.1) is 11.3 Å². The van der Waals surface area contributed by atoms with Gasteiger partial charge in [-0.3, -0.25) is 4.99 Å². The number of amidine groups is 1. The lowest BCUT2D eigenvalue weighted by molar-refractivity contribution is 0.269. The van der Waals surface area contributed by atoms with Crippen LogP contribution in [0.25, 0.3) is 0 Å². The first kappa shape index (κ1) is 12.9. The predicted octanol–water partition coefficient (Wildman–Crippen LogP) is 3.14. The third kappa shape index (κ3) is 4.06. The molecule has 15 heavy (non-hydrogen) atoms. The van der Waals surface area contributed by atoms with Gasteiger partial charge in [-0.25, -0.2) is 0 Å². The lowest BCUT2D eigenvalue weighted by Gasteiger charge is -2.25. The van der Waals surface area contributed by atoms with E-state index < -0.39 is 0 Å². The van der Waals surface area contributed by atoms with Crippen LogP contribution >= 0.6 is 11.8 Å². The molecule has 0 aromatic heterocycles. The zero-order chi connectivity index (χ0) is 11.5. The molecule has 0 radical (unpaired) electrons. The molecule has 1 saturated heterocycles. The van der Waals surface area contributed by atoms with E-state index in [9.17, 15) is 0 Å². The van der Waals surface area contributed by atoms with E-state index in [4.69, 9.17) is 0 Å². The van der Waals surface area contributed by atoms with Crippen LogP contribution < -0.4 is 5.32 Å². The summed E-state index contributed by atoms with van der Waals surface area (Å²) in [5.74, 6) is 1.81. The molecule has 88 valence electrons. The van der Waals surface area contributed by atoms with Gasteiger partial charge in [-0.2, -0.15) is 0 Å². The molecule has 1 N–H and O–H groups in total. The summed E-state index contributed by atoms with van der Waals surface area (Å²) in [6.07, 6.45) is 1.20. The second kappa shape index (κ2) is 5.24. The molecule has 3 heteroatoms. The molecule has 0 amide bonds. The van der Waals surface area contributed by atoms with Crippen LogP contribution in [0.1, 0.15) is 41.0 Å². The molecule has 0 bridgehead atoms. The van der Waals surface area contributed by atoms with Gasteiger partial charge in [0.25, 0.3) is 0 Å². The molecule has 1 aliphatic heterocycles. The quantitative estimate of drug-likeness (QED) is 0.802. The smallest absolute Gasteiger partial charge is 0.156 e. The van der Waals surface area contributed by atoms with E-state index in [1.165, 1.54) is 12.2 Å². The molecule has 0 saturated carbocycles. The standard InChI is InChI=1S/C12H24N2S/c1-6-10-8-15-11(14-10)13-7-9(2)12(3,4)5/h9-10H,6-8H2,1-5H3,(H,13,14). The van der Waals surface area contributed by atoms with E-state index >= 15 is 0 Å². The van der Waals surface area contributed by atoms with Gasteiger partial charge in [0, 0.05) is 18.3 Å². The fourth-order valence-corrected chi connectivity index (χ4v) is 2.34. The first-order valence-corrected chi connectivity index (χ1v) is 6.85. The molecule has 1 fully saturated rings. The fourth-order valence-electron chi connectivity index (χ4n) is 1.24. The molecule has 1 heterocycles. The van der Waals surface area contributed by atoms with Crippen LogP contribution in [-0.4, -0.2) is 23.5 Å². The van der Waals surface area contributed by atoms with Crippen molar-refractivity contribution in [2.24, 2.45) is 16.3 Å². The van der Waals surface area contributed by atoms with Crippen molar-refractivity contribution in [3.05, 3.63) is 0 Å². The average Bonchev–Trinajstić information content (AvgIpc) is 2.60. The number of hydrogen-bond acceptors (Lipinski definition) is 2. The summed E-state index contributed by atoms with van der Waals surface area (Å²) in [6, 6.07) is 0.638. The van der Waals surface area contributed by atoms with Crippen molar-refractivity contribution in [2.45, 2.75) is 47.1 Å². The first-order chi connectivity index (χ1) is 6.93. The van der Waals surface area contributed by atoms with E-state index in [1.54, 1.807) is 0 Å². The molecule has 0 aromatic carbocycles. The van der Waals surface area contributed by atoms with Gasteiger partial charge in [0.15, 0.2) is 5.17 Å². The van der Waals surface area contributed by atoms with Gasteiger partial charge in [-0.15, -0.1) is 0 Å². The van der Waals surface area contributed by atoms with Gasteiger partial charge in [-0.1, -0.05) is 46.4 Å². The summed E-state index contributed by atoms with van der Waals surface area (Å²) in [5, 5.41) is 4.61. The van der Waals surface area contributed by atoms with E-state index in [-0.39, 0.29) is 0 Å². The Hall–Kier alpha value is -0.180. The first-order valence-electron chi connectivity index (χ1n) is 5.87. The van der Waals surface area contributed by atoms with Gasteiger partial charge in [-0.05, 0) is 17.8 Å². The second-order valence-electron chi connectivity index (χ2n) is 5.47. The topological polar surface area (TPSA) is 24.4 Å². The average molecular weight is 228 g/mol. The maximum Gasteiger partial charge on any atom is 0.156 e. The van der Waals surface area contributed by atoms with Crippen LogP contribution in [-0.2, 0) is 0 Å². The molecule has 0 aromatic rings. The monoisotopic (exact) mass is 228 g/mol. The van der Waals surface area contributed by atoms with Gasteiger partial charge < -0.3 is 5.32 Å². The Kier molecular flexibility index (Phi) is 4.50. The lowest BCUT2D eigenvalue weighted by Crippen LogP contribution is -2.27. The number of rotatable bonds is 3. The highest BCUT2D eigenvalue weighted by molar-refractivity contribution is 8.14. The van der Waals surface area contributed by atoms with E-state index in [1.807, 2.05) is 11.8 Å². The van der Waals surface area contributed by atoms with E-state index in [0.29, 0.717) is 17.4 Å². The van der Waals surface area contributed by atoms with Gasteiger partial charge >= 0.3 is 0 Å². The van der Waals surface area contributed by atoms with Crippen molar-refractivity contribution in [2.75, 3.05) is 12.3 Å². The minimum absolute atomic E-state index is 0.359. The molecular formula is C12H24N2S. The van der Waals surface area contributed by atoms with Crippen LogP contribution in [0.3, 0.4) is 0 Å². The summed E-state index contributed by atoms with van der Waals surface area (Å²) in [5.41, 5.74) is 0.359. The Labute approximate surface area is 98.3 Å². The van der Waals surface area contributed by atoms with Crippen LogP contribution in [0.2, 0.25) is 0 Å². The fraction of sp³-hybridized carbons (Fsp3) is 0.917. The van der Waals surface area contributed by atoms with Crippen LogP contribution in [0.5, 0.6) is 0 Å². The summed E-state index contributed by atoms with van der Waals surface area (Å²) in [4.78, 5) is 4.66. The Morgan fingerprint density at radius 1 is 1.53 bits per heavy atom.